The highest BCUT2D eigenvalue weighted by molar-refractivity contribution is 7.99. The van der Waals surface area contributed by atoms with Crippen LogP contribution in [-0.4, -0.2) is 18.1 Å². The van der Waals surface area contributed by atoms with Crippen molar-refractivity contribution in [3.63, 3.8) is 0 Å². The molecule has 86 valence electrons. The maximum absolute atomic E-state index is 3.56. The van der Waals surface area contributed by atoms with Crippen LogP contribution >= 0.6 is 23.1 Å². The first-order valence-electron chi connectivity index (χ1n) is 5.65. The summed E-state index contributed by atoms with van der Waals surface area (Å²) in [5.41, 5.74) is 0. The van der Waals surface area contributed by atoms with E-state index in [-0.39, 0.29) is 0 Å². The molecule has 1 N–H and O–H groups in total. The molecule has 1 rings (SSSR count). The van der Waals surface area contributed by atoms with Gasteiger partial charge in [0.2, 0.25) is 0 Å². The molecule has 1 nitrogen and oxygen atoms in total. The molecule has 15 heavy (non-hydrogen) atoms. The van der Waals surface area contributed by atoms with Crippen LogP contribution in [0.4, 0.5) is 0 Å². The molecule has 1 aromatic heterocycles. The fourth-order valence-electron chi connectivity index (χ4n) is 1.47. The highest BCUT2D eigenvalue weighted by Gasteiger charge is 2.11. The lowest BCUT2D eigenvalue weighted by Crippen LogP contribution is -2.22. The summed E-state index contributed by atoms with van der Waals surface area (Å²) in [7, 11) is 0. The van der Waals surface area contributed by atoms with Gasteiger partial charge in [0.25, 0.3) is 0 Å². The Labute approximate surface area is 102 Å². The first kappa shape index (κ1) is 13.1. The van der Waals surface area contributed by atoms with Crippen molar-refractivity contribution in [3.05, 3.63) is 21.9 Å². The SMILES string of the molecule is CCCSCC(NCC)c1ccc(C)s1. The molecule has 1 heterocycles. The monoisotopic (exact) mass is 243 g/mol. The largest absolute Gasteiger partial charge is 0.309 e. The Kier molecular flexibility index (Phi) is 6.37. The molecule has 0 aliphatic carbocycles. The standard InChI is InChI=1S/C12H21NS2/c1-4-8-14-9-11(13-5-2)12-7-6-10(3)15-12/h6-7,11,13H,4-5,8-9H2,1-3H3. The summed E-state index contributed by atoms with van der Waals surface area (Å²) >= 11 is 3.97. The zero-order valence-electron chi connectivity index (χ0n) is 9.88. The Bertz CT molecular complexity index is 270. The molecule has 1 unspecified atom stereocenters. The fraction of sp³-hybridized carbons (Fsp3) is 0.667. The molecule has 3 heteroatoms. The van der Waals surface area contributed by atoms with Gasteiger partial charge in [-0.05, 0) is 37.8 Å². The molecule has 0 amide bonds. The second-order valence-corrected chi connectivity index (χ2v) is 6.10. The van der Waals surface area contributed by atoms with Crippen molar-refractivity contribution in [2.45, 2.75) is 33.2 Å². The van der Waals surface area contributed by atoms with E-state index >= 15 is 0 Å². The van der Waals surface area contributed by atoms with Crippen molar-refractivity contribution in [2.75, 3.05) is 18.1 Å². The van der Waals surface area contributed by atoms with Gasteiger partial charge in [-0.2, -0.15) is 11.8 Å². The Morgan fingerprint density at radius 2 is 2.20 bits per heavy atom. The average molecular weight is 243 g/mol. The Hall–Kier alpha value is 0.01000. The van der Waals surface area contributed by atoms with Crippen LogP contribution in [0.1, 0.15) is 36.1 Å². The lowest BCUT2D eigenvalue weighted by Gasteiger charge is -2.15. The lowest BCUT2D eigenvalue weighted by atomic mass is 10.2. The van der Waals surface area contributed by atoms with Crippen molar-refractivity contribution in [1.29, 1.82) is 0 Å². The normalized spacial score (nSPS) is 13.0. The van der Waals surface area contributed by atoms with Crippen LogP contribution in [0.5, 0.6) is 0 Å². The van der Waals surface area contributed by atoms with Crippen molar-refractivity contribution >= 4 is 23.1 Å². The molecule has 0 fully saturated rings. The third kappa shape index (κ3) is 4.58. The zero-order valence-corrected chi connectivity index (χ0v) is 11.5. The lowest BCUT2D eigenvalue weighted by molar-refractivity contribution is 0.615. The summed E-state index contributed by atoms with van der Waals surface area (Å²) in [4.78, 5) is 2.89. The third-order valence-corrected chi connectivity index (χ3v) is 4.57. The highest BCUT2D eigenvalue weighted by atomic mass is 32.2. The van der Waals surface area contributed by atoms with Crippen LogP contribution in [-0.2, 0) is 0 Å². The molecule has 0 saturated heterocycles. The third-order valence-electron chi connectivity index (χ3n) is 2.19. The number of hydrogen-bond donors (Lipinski definition) is 1. The van der Waals surface area contributed by atoms with E-state index in [9.17, 15) is 0 Å². The van der Waals surface area contributed by atoms with Gasteiger partial charge in [0.05, 0.1) is 6.04 Å². The fourth-order valence-corrected chi connectivity index (χ4v) is 3.52. The summed E-state index contributed by atoms with van der Waals surface area (Å²) in [6.07, 6.45) is 1.27. The minimum Gasteiger partial charge on any atom is -0.309 e. The van der Waals surface area contributed by atoms with E-state index in [1.807, 2.05) is 23.1 Å². The quantitative estimate of drug-likeness (QED) is 0.730. The van der Waals surface area contributed by atoms with E-state index in [0.29, 0.717) is 6.04 Å². The Balaban J connectivity index is 2.49. The van der Waals surface area contributed by atoms with E-state index in [4.69, 9.17) is 0 Å². The molecule has 1 aromatic rings. The number of hydrogen-bond acceptors (Lipinski definition) is 3. The first-order chi connectivity index (χ1) is 7.27. The van der Waals surface area contributed by atoms with Crippen molar-refractivity contribution in [3.8, 4) is 0 Å². The molecular weight excluding hydrogens is 222 g/mol. The van der Waals surface area contributed by atoms with Crippen molar-refractivity contribution in [2.24, 2.45) is 0 Å². The van der Waals surface area contributed by atoms with Crippen LogP contribution in [0.15, 0.2) is 12.1 Å². The van der Waals surface area contributed by atoms with Gasteiger partial charge < -0.3 is 5.32 Å². The Morgan fingerprint density at radius 1 is 1.40 bits per heavy atom. The second kappa shape index (κ2) is 7.31. The summed E-state index contributed by atoms with van der Waals surface area (Å²) in [6.45, 7) is 7.65. The molecule has 1 atom stereocenters. The van der Waals surface area contributed by atoms with Crippen LogP contribution in [0.2, 0.25) is 0 Å². The zero-order chi connectivity index (χ0) is 11.1. The van der Waals surface area contributed by atoms with Crippen LogP contribution in [0.3, 0.4) is 0 Å². The minimum atomic E-state index is 0.547. The van der Waals surface area contributed by atoms with E-state index < -0.39 is 0 Å². The smallest absolute Gasteiger partial charge is 0.0506 e. The summed E-state index contributed by atoms with van der Waals surface area (Å²) in [5.74, 6) is 2.47. The van der Waals surface area contributed by atoms with Crippen molar-refractivity contribution in [1.82, 2.24) is 5.32 Å². The topological polar surface area (TPSA) is 12.0 Å². The summed E-state index contributed by atoms with van der Waals surface area (Å²) < 4.78 is 0. The molecule has 0 aliphatic heterocycles. The molecule has 0 bridgehead atoms. The van der Waals surface area contributed by atoms with Gasteiger partial charge in [0.15, 0.2) is 0 Å². The number of thioether (sulfide) groups is 1. The van der Waals surface area contributed by atoms with Gasteiger partial charge in [-0.25, -0.2) is 0 Å². The number of aryl methyl sites for hydroxylation is 1. The molecule has 0 aromatic carbocycles. The van der Waals surface area contributed by atoms with Gasteiger partial charge in [-0.3, -0.25) is 0 Å². The number of rotatable bonds is 7. The predicted molar refractivity (Wildman–Crippen MR) is 73.1 cm³/mol. The van der Waals surface area contributed by atoms with Gasteiger partial charge in [-0.1, -0.05) is 13.8 Å². The first-order valence-corrected chi connectivity index (χ1v) is 7.62. The second-order valence-electron chi connectivity index (χ2n) is 3.63. The van der Waals surface area contributed by atoms with Gasteiger partial charge >= 0.3 is 0 Å². The van der Waals surface area contributed by atoms with E-state index in [2.05, 4.69) is 38.2 Å². The molecule has 0 aliphatic rings. The minimum absolute atomic E-state index is 0.547. The Morgan fingerprint density at radius 3 is 2.73 bits per heavy atom. The van der Waals surface area contributed by atoms with Gasteiger partial charge in [0.1, 0.15) is 0 Å². The molecular formula is C12H21NS2. The maximum atomic E-state index is 3.56. The van der Waals surface area contributed by atoms with E-state index in [1.165, 1.54) is 27.7 Å². The van der Waals surface area contributed by atoms with Gasteiger partial charge in [0, 0.05) is 15.5 Å². The molecule has 0 saturated carbocycles. The van der Waals surface area contributed by atoms with E-state index in [1.54, 1.807) is 0 Å². The summed E-state index contributed by atoms with van der Waals surface area (Å²) in [6, 6.07) is 5.03. The van der Waals surface area contributed by atoms with Crippen LogP contribution in [0, 0.1) is 6.92 Å². The van der Waals surface area contributed by atoms with Crippen molar-refractivity contribution < 1.29 is 0 Å². The molecule has 0 radical (unpaired) electrons. The highest BCUT2D eigenvalue weighted by Crippen LogP contribution is 2.25. The summed E-state index contributed by atoms with van der Waals surface area (Å²) in [5, 5.41) is 3.56. The number of thiophene rings is 1. The van der Waals surface area contributed by atoms with E-state index in [0.717, 1.165) is 6.54 Å². The predicted octanol–water partition coefficient (Wildman–Crippen LogP) is 3.85. The van der Waals surface area contributed by atoms with Crippen LogP contribution < -0.4 is 5.32 Å². The average Bonchev–Trinajstić information content (AvgIpc) is 2.64. The molecule has 0 spiro atoms. The maximum Gasteiger partial charge on any atom is 0.0506 e. The van der Waals surface area contributed by atoms with Crippen LogP contribution in [0.25, 0.3) is 0 Å². The van der Waals surface area contributed by atoms with Gasteiger partial charge in [-0.15, -0.1) is 11.3 Å². The number of nitrogens with one attached hydrogen (secondary N) is 1.